The van der Waals surface area contributed by atoms with Gasteiger partial charge in [0.25, 0.3) is 11.8 Å². The smallest absolute Gasteiger partial charge is 0.251 e. The Hall–Kier alpha value is -4.10. The SMILES string of the molecule is O=C(NCCP(c1ccccc1)c1ccccc1)c1ccc(C(=O)NCCP(c2ccccc2)c2ccccc2)cc1. The first-order valence-corrected chi connectivity index (χ1v) is 17.2. The molecule has 42 heavy (non-hydrogen) atoms. The Morgan fingerprint density at radius 1 is 0.405 bits per heavy atom. The maximum Gasteiger partial charge on any atom is 0.251 e. The monoisotopic (exact) mass is 588 g/mol. The van der Waals surface area contributed by atoms with Crippen LogP contribution < -0.4 is 31.9 Å². The van der Waals surface area contributed by atoms with E-state index >= 15 is 0 Å². The first kappa shape index (κ1) is 29.4. The van der Waals surface area contributed by atoms with Gasteiger partial charge in [0.1, 0.15) is 0 Å². The Bertz CT molecular complexity index is 1350. The number of hydrogen-bond acceptors (Lipinski definition) is 2. The van der Waals surface area contributed by atoms with Crippen LogP contribution in [0.3, 0.4) is 0 Å². The molecule has 0 saturated heterocycles. The van der Waals surface area contributed by atoms with Crippen LogP contribution in [0.25, 0.3) is 0 Å². The van der Waals surface area contributed by atoms with Crippen molar-refractivity contribution in [3.63, 3.8) is 0 Å². The van der Waals surface area contributed by atoms with Crippen molar-refractivity contribution < 1.29 is 9.59 Å². The quantitative estimate of drug-likeness (QED) is 0.192. The summed E-state index contributed by atoms with van der Waals surface area (Å²) in [5.74, 6) is -0.260. The highest BCUT2D eigenvalue weighted by molar-refractivity contribution is 7.73. The fourth-order valence-electron chi connectivity index (χ4n) is 4.79. The molecule has 0 aromatic heterocycles. The van der Waals surface area contributed by atoms with Gasteiger partial charge in [-0.1, -0.05) is 121 Å². The Morgan fingerprint density at radius 3 is 0.929 bits per heavy atom. The normalized spacial score (nSPS) is 10.9. The number of carbonyl (C=O) groups excluding carboxylic acids is 2. The summed E-state index contributed by atoms with van der Waals surface area (Å²) in [7, 11) is -1.14. The lowest BCUT2D eigenvalue weighted by molar-refractivity contribution is 0.0944. The average molecular weight is 589 g/mol. The molecular formula is C36H34N2O2P2. The van der Waals surface area contributed by atoms with Gasteiger partial charge in [-0.05, 0) is 73.7 Å². The molecule has 0 aliphatic carbocycles. The standard InChI is InChI=1S/C36H34N2O2P2/c39-35(37-25-27-41(31-13-5-1-6-14-31)32-15-7-2-8-16-32)29-21-23-30(24-22-29)36(40)38-26-28-42(33-17-9-3-10-18-33)34-19-11-4-12-20-34/h1-24H,25-28H2,(H,37,39)(H,38,40). The van der Waals surface area contributed by atoms with Crippen LogP contribution in [0.5, 0.6) is 0 Å². The van der Waals surface area contributed by atoms with Crippen molar-refractivity contribution >= 4 is 48.9 Å². The van der Waals surface area contributed by atoms with E-state index in [-0.39, 0.29) is 11.8 Å². The van der Waals surface area contributed by atoms with Crippen LogP contribution in [0, 0.1) is 0 Å². The van der Waals surface area contributed by atoms with Crippen LogP contribution in [-0.4, -0.2) is 37.2 Å². The number of hydrogen-bond donors (Lipinski definition) is 2. The largest absolute Gasteiger partial charge is 0.352 e. The van der Waals surface area contributed by atoms with Gasteiger partial charge in [-0.25, -0.2) is 0 Å². The van der Waals surface area contributed by atoms with Gasteiger partial charge in [-0.2, -0.15) is 0 Å². The second-order valence-electron chi connectivity index (χ2n) is 9.73. The van der Waals surface area contributed by atoms with Crippen molar-refractivity contribution in [2.24, 2.45) is 0 Å². The lowest BCUT2D eigenvalue weighted by Gasteiger charge is -2.19. The zero-order valence-corrected chi connectivity index (χ0v) is 25.2. The van der Waals surface area contributed by atoms with E-state index in [1.54, 1.807) is 24.3 Å². The van der Waals surface area contributed by atoms with Crippen LogP contribution >= 0.6 is 15.8 Å². The van der Waals surface area contributed by atoms with Crippen LogP contribution in [-0.2, 0) is 0 Å². The molecule has 0 heterocycles. The van der Waals surface area contributed by atoms with Crippen molar-refractivity contribution in [2.75, 3.05) is 25.4 Å². The summed E-state index contributed by atoms with van der Waals surface area (Å²) in [5.41, 5.74) is 1.10. The summed E-state index contributed by atoms with van der Waals surface area (Å²) in [6.45, 7) is 1.14. The third-order valence-corrected chi connectivity index (χ3v) is 12.0. The summed E-state index contributed by atoms with van der Waals surface area (Å²) in [4.78, 5) is 25.8. The molecule has 4 nitrogen and oxygen atoms in total. The maximum absolute atomic E-state index is 12.9. The molecule has 0 atom stereocenters. The predicted molar refractivity (Wildman–Crippen MR) is 179 cm³/mol. The topological polar surface area (TPSA) is 58.2 Å². The van der Waals surface area contributed by atoms with Gasteiger partial charge in [0.2, 0.25) is 0 Å². The van der Waals surface area contributed by atoms with E-state index in [1.807, 2.05) is 24.3 Å². The van der Waals surface area contributed by atoms with E-state index in [0.29, 0.717) is 24.2 Å². The lowest BCUT2D eigenvalue weighted by Crippen LogP contribution is -2.29. The fourth-order valence-corrected chi connectivity index (χ4v) is 9.21. The molecular weight excluding hydrogens is 554 g/mol. The van der Waals surface area contributed by atoms with E-state index < -0.39 is 15.8 Å². The van der Waals surface area contributed by atoms with Crippen molar-refractivity contribution in [3.8, 4) is 0 Å². The highest BCUT2D eigenvalue weighted by Gasteiger charge is 2.16. The van der Waals surface area contributed by atoms with Crippen molar-refractivity contribution in [2.45, 2.75) is 0 Å². The number of rotatable bonds is 12. The predicted octanol–water partition coefficient (Wildman–Crippen LogP) is 5.41. The minimum atomic E-state index is -0.571. The summed E-state index contributed by atoms with van der Waals surface area (Å²) in [5, 5.41) is 11.3. The molecule has 5 aromatic rings. The van der Waals surface area contributed by atoms with Gasteiger partial charge >= 0.3 is 0 Å². The molecule has 6 heteroatoms. The first-order valence-electron chi connectivity index (χ1n) is 14.1. The molecule has 0 bridgehead atoms. The van der Waals surface area contributed by atoms with Gasteiger partial charge in [-0.15, -0.1) is 0 Å². The Balaban J connectivity index is 1.14. The lowest BCUT2D eigenvalue weighted by atomic mass is 10.1. The third-order valence-electron chi connectivity index (χ3n) is 6.92. The maximum atomic E-state index is 12.9. The number of benzene rings is 5. The van der Waals surface area contributed by atoms with E-state index in [4.69, 9.17) is 0 Å². The number of amides is 2. The molecule has 0 saturated carbocycles. The van der Waals surface area contributed by atoms with Crippen molar-refractivity contribution in [1.82, 2.24) is 10.6 Å². The zero-order valence-electron chi connectivity index (χ0n) is 23.4. The molecule has 210 valence electrons. The van der Waals surface area contributed by atoms with E-state index in [9.17, 15) is 9.59 Å². The van der Waals surface area contributed by atoms with Gasteiger partial charge in [0.15, 0.2) is 0 Å². The number of nitrogens with one attached hydrogen (secondary N) is 2. The first-order chi connectivity index (χ1) is 20.7. The molecule has 0 fully saturated rings. The average Bonchev–Trinajstić information content (AvgIpc) is 3.06. The Morgan fingerprint density at radius 2 is 0.667 bits per heavy atom. The molecule has 0 unspecified atom stereocenters. The molecule has 0 spiro atoms. The molecule has 0 radical (unpaired) electrons. The molecule has 0 aliphatic rings. The van der Waals surface area contributed by atoms with Crippen LogP contribution in [0.15, 0.2) is 146 Å². The molecule has 0 aliphatic heterocycles. The third kappa shape index (κ3) is 8.01. The van der Waals surface area contributed by atoms with Gasteiger partial charge in [0.05, 0.1) is 0 Å². The second-order valence-corrected chi connectivity index (χ2v) is 14.4. The van der Waals surface area contributed by atoms with E-state index in [1.165, 1.54) is 21.2 Å². The van der Waals surface area contributed by atoms with Crippen molar-refractivity contribution in [3.05, 3.63) is 157 Å². The summed E-state index contributed by atoms with van der Waals surface area (Å²) in [6.07, 6.45) is 1.70. The summed E-state index contributed by atoms with van der Waals surface area (Å²) >= 11 is 0. The highest BCUT2D eigenvalue weighted by atomic mass is 31.1. The summed E-state index contributed by atoms with van der Waals surface area (Å²) < 4.78 is 0. The minimum absolute atomic E-state index is 0.130. The fraction of sp³-hybridized carbons (Fsp3) is 0.111. The molecule has 5 rings (SSSR count). The number of carbonyl (C=O) groups is 2. The van der Waals surface area contributed by atoms with Gasteiger partial charge in [-0.3, -0.25) is 9.59 Å². The second kappa shape index (κ2) is 15.2. The van der Waals surface area contributed by atoms with Crippen LogP contribution in [0.4, 0.5) is 0 Å². The van der Waals surface area contributed by atoms with Crippen LogP contribution in [0.2, 0.25) is 0 Å². The highest BCUT2D eigenvalue weighted by Crippen LogP contribution is 2.33. The van der Waals surface area contributed by atoms with E-state index in [2.05, 4.69) is 108 Å². The summed E-state index contributed by atoms with van der Waals surface area (Å²) in [6, 6.07) is 48.8. The molecule has 2 N–H and O–H groups in total. The van der Waals surface area contributed by atoms with E-state index in [0.717, 1.165) is 12.3 Å². The van der Waals surface area contributed by atoms with Gasteiger partial charge in [0, 0.05) is 24.2 Å². The Kier molecular flexibility index (Phi) is 10.7. The Labute approximate surface area is 250 Å². The van der Waals surface area contributed by atoms with Gasteiger partial charge < -0.3 is 10.6 Å². The zero-order chi connectivity index (χ0) is 29.0. The van der Waals surface area contributed by atoms with Crippen LogP contribution in [0.1, 0.15) is 20.7 Å². The van der Waals surface area contributed by atoms with Crippen molar-refractivity contribution in [1.29, 1.82) is 0 Å². The molecule has 5 aromatic carbocycles. The molecule has 2 amide bonds. The minimum Gasteiger partial charge on any atom is -0.352 e.